The Hall–Kier alpha value is -0.410. The van der Waals surface area contributed by atoms with E-state index in [1.54, 1.807) is 0 Å². The number of Topliss-reactive ketones (excluding diaryl/α,β-unsaturated/α-hetero) is 1. The van der Waals surface area contributed by atoms with Crippen molar-refractivity contribution in [2.45, 2.75) is 38.8 Å². The number of carbonyl (C=O) groups excluding carboxylic acids is 1. The Morgan fingerprint density at radius 2 is 2.33 bits per heavy atom. The fraction of sp³-hybridized carbons (Fsp3) is 0.889. The molecule has 0 saturated carbocycles. The van der Waals surface area contributed by atoms with Crippen molar-refractivity contribution in [3.8, 4) is 0 Å². The standard InChI is InChI=1S/C9H17NO2/c1-3-8(11)5-10-6-9(12)4-7(10)2/h7,9,12H,3-6H2,1-2H3. The van der Waals surface area contributed by atoms with Gasteiger partial charge in [-0.2, -0.15) is 0 Å². The molecule has 2 atom stereocenters. The Kier molecular flexibility index (Phi) is 3.23. The summed E-state index contributed by atoms with van der Waals surface area (Å²) in [6.45, 7) is 5.10. The molecule has 0 aromatic rings. The molecule has 0 aromatic carbocycles. The Bertz CT molecular complexity index is 170. The summed E-state index contributed by atoms with van der Waals surface area (Å²) in [6, 6.07) is 0.357. The van der Waals surface area contributed by atoms with E-state index in [0.717, 1.165) is 6.42 Å². The SMILES string of the molecule is CCC(=O)CN1CC(O)CC1C. The molecule has 1 aliphatic heterocycles. The monoisotopic (exact) mass is 171 g/mol. The molecule has 1 aliphatic rings. The number of hydrogen-bond acceptors (Lipinski definition) is 3. The van der Waals surface area contributed by atoms with Gasteiger partial charge in [0.15, 0.2) is 0 Å². The summed E-state index contributed by atoms with van der Waals surface area (Å²) in [6.07, 6.45) is 1.17. The van der Waals surface area contributed by atoms with Crippen molar-refractivity contribution < 1.29 is 9.90 Å². The van der Waals surface area contributed by atoms with Crippen LogP contribution in [0.4, 0.5) is 0 Å². The van der Waals surface area contributed by atoms with Gasteiger partial charge in [-0.1, -0.05) is 6.92 Å². The van der Waals surface area contributed by atoms with Gasteiger partial charge in [-0.3, -0.25) is 9.69 Å². The van der Waals surface area contributed by atoms with Crippen LogP contribution in [0, 0.1) is 0 Å². The third-order valence-corrected chi connectivity index (χ3v) is 2.46. The minimum Gasteiger partial charge on any atom is -0.392 e. The normalized spacial score (nSPS) is 30.9. The first-order valence-electron chi connectivity index (χ1n) is 4.57. The summed E-state index contributed by atoms with van der Waals surface area (Å²) >= 11 is 0. The third kappa shape index (κ3) is 2.29. The van der Waals surface area contributed by atoms with Gasteiger partial charge in [0.25, 0.3) is 0 Å². The largest absolute Gasteiger partial charge is 0.392 e. The second-order valence-electron chi connectivity index (χ2n) is 3.56. The van der Waals surface area contributed by atoms with Gasteiger partial charge in [0.05, 0.1) is 12.6 Å². The molecule has 3 nitrogen and oxygen atoms in total. The molecule has 0 aliphatic carbocycles. The van der Waals surface area contributed by atoms with Crippen LogP contribution in [0.15, 0.2) is 0 Å². The smallest absolute Gasteiger partial charge is 0.146 e. The van der Waals surface area contributed by atoms with Crippen molar-refractivity contribution in [1.29, 1.82) is 0 Å². The number of hydrogen-bond donors (Lipinski definition) is 1. The number of rotatable bonds is 3. The molecule has 0 aromatic heterocycles. The van der Waals surface area contributed by atoms with Crippen LogP contribution in [0.2, 0.25) is 0 Å². The van der Waals surface area contributed by atoms with E-state index < -0.39 is 0 Å². The zero-order chi connectivity index (χ0) is 9.14. The maximum absolute atomic E-state index is 11.1. The molecule has 1 rings (SSSR count). The van der Waals surface area contributed by atoms with Crippen LogP contribution >= 0.6 is 0 Å². The van der Waals surface area contributed by atoms with Gasteiger partial charge >= 0.3 is 0 Å². The summed E-state index contributed by atoms with van der Waals surface area (Å²) in [7, 11) is 0. The Morgan fingerprint density at radius 1 is 1.67 bits per heavy atom. The van der Waals surface area contributed by atoms with Gasteiger partial charge in [0, 0.05) is 19.0 Å². The lowest BCUT2D eigenvalue weighted by molar-refractivity contribution is -0.120. The van der Waals surface area contributed by atoms with E-state index in [1.165, 1.54) is 0 Å². The highest BCUT2D eigenvalue weighted by Gasteiger charge is 2.28. The number of likely N-dealkylation sites (tertiary alicyclic amines) is 1. The summed E-state index contributed by atoms with van der Waals surface area (Å²) in [4.78, 5) is 13.1. The Morgan fingerprint density at radius 3 is 2.75 bits per heavy atom. The van der Waals surface area contributed by atoms with Crippen LogP contribution < -0.4 is 0 Å². The molecule has 1 fully saturated rings. The van der Waals surface area contributed by atoms with E-state index in [9.17, 15) is 9.90 Å². The molecule has 1 N–H and O–H groups in total. The quantitative estimate of drug-likeness (QED) is 0.669. The molecule has 12 heavy (non-hydrogen) atoms. The van der Waals surface area contributed by atoms with Crippen molar-refractivity contribution in [2.75, 3.05) is 13.1 Å². The third-order valence-electron chi connectivity index (χ3n) is 2.46. The minimum absolute atomic E-state index is 0.232. The van der Waals surface area contributed by atoms with Crippen molar-refractivity contribution >= 4 is 5.78 Å². The first kappa shape index (κ1) is 9.68. The van der Waals surface area contributed by atoms with Crippen molar-refractivity contribution in [3.63, 3.8) is 0 Å². The number of carbonyl (C=O) groups is 1. The van der Waals surface area contributed by atoms with Crippen molar-refractivity contribution in [2.24, 2.45) is 0 Å². The topological polar surface area (TPSA) is 40.5 Å². The lowest BCUT2D eigenvalue weighted by Gasteiger charge is -2.18. The Labute approximate surface area is 73.4 Å². The van der Waals surface area contributed by atoms with E-state index in [4.69, 9.17) is 0 Å². The van der Waals surface area contributed by atoms with E-state index >= 15 is 0 Å². The van der Waals surface area contributed by atoms with Crippen LogP contribution in [0.25, 0.3) is 0 Å². The number of β-amino-alcohol motifs (C(OH)–C–C–N with tert-alkyl or cyclic N) is 1. The second kappa shape index (κ2) is 4.01. The molecule has 0 radical (unpaired) electrons. The predicted octanol–water partition coefficient (Wildman–Crippen LogP) is 0.421. The van der Waals surface area contributed by atoms with Crippen LogP contribution in [0.5, 0.6) is 0 Å². The van der Waals surface area contributed by atoms with Gasteiger partial charge in [-0.15, -0.1) is 0 Å². The number of aliphatic hydroxyl groups is 1. The maximum atomic E-state index is 11.1. The fourth-order valence-corrected chi connectivity index (χ4v) is 1.63. The van der Waals surface area contributed by atoms with E-state index in [2.05, 4.69) is 11.8 Å². The van der Waals surface area contributed by atoms with E-state index in [-0.39, 0.29) is 11.9 Å². The highest BCUT2D eigenvalue weighted by Crippen LogP contribution is 2.16. The molecule has 1 heterocycles. The molecule has 0 bridgehead atoms. The Balaban J connectivity index is 2.37. The van der Waals surface area contributed by atoms with E-state index in [0.29, 0.717) is 25.6 Å². The number of aliphatic hydroxyl groups excluding tert-OH is 1. The van der Waals surface area contributed by atoms with Crippen LogP contribution in [0.1, 0.15) is 26.7 Å². The summed E-state index contributed by atoms with van der Waals surface area (Å²) in [5, 5.41) is 9.30. The van der Waals surface area contributed by atoms with Crippen LogP contribution in [-0.2, 0) is 4.79 Å². The lowest BCUT2D eigenvalue weighted by Crippen LogP contribution is -2.32. The molecule has 3 heteroatoms. The highest BCUT2D eigenvalue weighted by atomic mass is 16.3. The number of ketones is 1. The molecular weight excluding hydrogens is 154 g/mol. The minimum atomic E-state index is -0.232. The average Bonchev–Trinajstić information content (AvgIpc) is 2.30. The van der Waals surface area contributed by atoms with Gasteiger partial charge in [0.1, 0.15) is 5.78 Å². The van der Waals surface area contributed by atoms with Crippen molar-refractivity contribution in [3.05, 3.63) is 0 Å². The summed E-state index contributed by atoms with van der Waals surface area (Å²) < 4.78 is 0. The van der Waals surface area contributed by atoms with Crippen LogP contribution in [-0.4, -0.2) is 41.0 Å². The average molecular weight is 171 g/mol. The predicted molar refractivity (Wildman–Crippen MR) is 47.0 cm³/mol. The van der Waals surface area contributed by atoms with Crippen LogP contribution in [0.3, 0.4) is 0 Å². The zero-order valence-electron chi connectivity index (χ0n) is 7.79. The molecule has 2 unspecified atom stereocenters. The fourth-order valence-electron chi connectivity index (χ4n) is 1.63. The van der Waals surface area contributed by atoms with Gasteiger partial charge in [0.2, 0.25) is 0 Å². The summed E-state index contributed by atoms with van der Waals surface area (Å²) in [5.74, 6) is 0.260. The lowest BCUT2D eigenvalue weighted by atomic mass is 10.2. The van der Waals surface area contributed by atoms with Crippen molar-refractivity contribution in [1.82, 2.24) is 4.90 Å². The van der Waals surface area contributed by atoms with Gasteiger partial charge < -0.3 is 5.11 Å². The van der Waals surface area contributed by atoms with Gasteiger partial charge in [-0.25, -0.2) is 0 Å². The number of nitrogens with zero attached hydrogens (tertiary/aromatic N) is 1. The molecule has 70 valence electrons. The zero-order valence-corrected chi connectivity index (χ0v) is 7.79. The first-order chi connectivity index (χ1) is 5.63. The van der Waals surface area contributed by atoms with Gasteiger partial charge in [-0.05, 0) is 13.3 Å². The molecule has 0 spiro atoms. The maximum Gasteiger partial charge on any atom is 0.146 e. The molecule has 1 saturated heterocycles. The highest BCUT2D eigenvalue weighted by molar-refractivity contribution is 5.80. The second-order valence-corrected chi connectivity index (χ2v) is 3.56. The molecule has 0 amide bonds. The first-order valence-corrected chi connectivity index (χ1v) is 4.57. The summed E-state index contributed by atoms with van der Waals surface area (Å²) in [5.41, 5.74) is 0. The molecular formula is C9H17NO2. The van der Waals surface area contributed by atoms with E-state index in [1.807, 2.05) is 6.92 Å².